The highest BCUT2D eigenvalue weighted by Gasteiger charge is 2.39. The molecular weight excluding hydrogens is 346 g/mol. The first-order valence-electron chi connectivity index (χ1n) is 7.76. The molecule has 0 aromatic heterocycles. The van der Waals surface area contributed by atoms with Crippen LogP contribution in [0.4, 0.5) is 0 Å². The number of aliphatic carboxylic acids is 1. The Balaban J connectivity index is 1.81. The predicted molar refractivity (Wildman–Crippen MR) is 88.6 cm³/mol. The third-order valence-electron chi connectivity index (χ3n) is 4.44. The van der Waals surface area contributed by atoms with Gasteiger partial charge in [0, 0.05) is 17.4 Å². The van der Waals surface area contributed by atoms with Crippen molar-refractivity contribution in [1.29, 1.82) is 0 Å². The molecular formula is C17H22BrNO3. The molecule has 0 heterocycles. The number of aryl methyl sites for hydroxylation is 1. The summed E-state index contributed by atoms with van der Waals surface area (Å²) in [6.45, 7) is 0.251. The van der Waals surface area contributed by atoms with Crippen LogP contribution < -0.4 is 5.32 Å². The number of carbonyl (C=O) groups is 2. The lowest BCUT2D eigenvalue weighted by atomic mass is 9.74. The molecule has 1 aliphatic carbocycles. The van der Waals surface area contributed by atoms with E-state index in [1.807, 2.05) is 24.3 Å². The van der Waals surface area contributed by atoms with Gasteiger partial charge < -0.3 is 10.4 Å². The highest BCUT2D eigenvalue weighted by molar-refractivity contribution is 9.10. The SMILES string of the molecule is O=C(CCc1ccc(Br)cc1)NCC1(C(=O)O)CCCCC1. The first-order chi connectivity index (χ1) is 10.5. The summed E-state index contributed by atoms with van der Waals surface area (Å²) in [4.78, 5) is 23.5. The normalized spacial score (nSPS) is 17.0. The van der Waals surface area contributed by atoms with Crippen molar-refractivity contribution in [3.8, 4) is 0 Å². The van der Waals surface area contributed by atoms with Crippen LogP contribution in [-0.2, 0) is 16.0 Å². The topological polar surface area (TPSA) is 66.4 Å². The van der Waals surface area contributed by atoms with Gasteiger partial charge in [-0.05, 0) is 37.0 Å². The maximum Gasteiger partial charge on any atom is 0.311 e. The van der Waals surface area contributed by atoms with Gasteiger partial charge in [0.15, 0.2) is 0 Å². The number of hydrogen-bond acceptors (Lipinski definition) is 2. The predicted octanol–water partition coefficient (Wildman–Crippen LogP) is 3.53. The highest BCUT2D eigenvalue weighted by Crippen LogP contribution is 2.36. The summed E-state index contributed by atoms with van der Waals surface area (Å²) in [5, 5.41) is 12.3. The van der Waals surface area contributed by atoms with Crippen molar-refractivity contribution in [1.82, 2.24) is 5.32 Å². The first-order valence-corrected chi connectivity index (χ1v) is 8.56. The fourth-order valence-corrected chi connectivity index (χ4v) is 3.22. The molecule has 2 N–H and O–H groups in total. The van der Waals surface area contributed by atoms with E-state index in [0.717, 1.165) is 29.3 Å². The summed E-state index contributed by atoms with van der Waals surface area (Å²) in [6.07, 6.45) is 5.33. The second-order valence-electron chi connectivity index (χ2n) is 6.05. The monoisotopic (exact) mass is 367 g/mol. The van der Waals surface area contributed by atoms with Crippen molar-refractivity contribution >= 4 is 27.8 Å². The molecule has 1 saturated carbocycles. The van der Waals surface area contributed by atoms with Crippen LogP contribution in [0.25, 0.3) is 0 Å². The summed E-state index contributed by atoms with van der Waals surface area (Å²) in [5.41, 5.74) is 0.342. The van der Waals surface area contributed by atoms with Gasteiger partial charge in [0.1, 0.15) is 0 Å². The summed E-state index contributed by atoms with van der Waals surface area (Å²) in [7, 11) is 0. The largest absolute Gasteiger partial charge is 0.481 e. The highest BCUT2D eigenvalue weighted by atomic mass is 79.9. The lowest BCUT2D eigenvalue weighted by molar-refractivity contribution is -0.151. The fraction of sp³-hybridized carbons (Fsp3) is 0.529. The minimum Gasteiger partial charge on any atom is -0.481 e. The van der Waals surface area contributed by atoms with Crippen molar-refractivity contribution in [3.05, 3.63) is 34.3 Å². The number of amides is 1. The Bertz CT molecular complexity index is 521. The molecule has 5 heteroatoms. The molecule has 4 nitrogen and oxygen atoms in total. The van der Waals surface area contributed by atoms with Crippen LogP contribution in [0.1, 0.15) is 44.1 Å². The van der Waals surface area contributed by atoms with Gasteiger partial charge in [-0.1, -0.05) is 47.3 Å². The number of nitrogens with one attached hydrogen (secondary N) is 1. The smallest absolute Gasteiger partial charge is 0.311 e. The number of carbonyl (C=O) groups excluding carboxylic acids is 1. The van der Waals surface area contributed by atoms with Gasteiger partial charge in [0.05, 0.1) is 5.41 Å². The van der Waals surface area contributed by atoms with Crippen LogP contribution in [0.3, 0.4) is 0 Å². The van der Waals surface area contributed by atoms with Crippen molar-refractivity contribution in [2.24, 2.45) is 5.41 Å². The molecule has 1 amide bonds. The van der Waals surface area contributed by atoms with E-state index < -0.39 is 11.4 Å². The van der Waals surface area contributed by atoms with E-state index in [-0.39, 0.29) is 12.5 Å². The minimum atomic E-state index is -0.777. The summed E-state index contributed by atoms with van der Waals surface area (Å²) >= 11 is 3.38. The Morgan fingerprint density at radius 1 is 1.14 bits per heavy atom. The van der Waals surface area contributed by atoms with Crippen molar-refractivity contribution in [3.63, 3.8) is 0 Å². The molecule has 22 heavy (non-hydrogen) atoms. The fourth-order valence-electron chi connectivity index (χ4n) is 2.96. The van der Waals surface area contributed by atoms with E-state index in [0.29, 0.717) is 25.7 Å². The Morgan fingerprint density at radius 3 is 2.36 bits per heavy atom. The van der Waals surface area contributed by atoms with Crippen molar-refractivity contribution in [2.45, 2.75) is 44.9 Å². The van der Waals surface area contributed by atoms with Crippen LogP contribution in [0, 0.1) is 5.41 Å². The van der Waals surface area contributed by atoms with Gasteiger partial charge in [-0.15, -0.1) is 0 Å². The Labute approximate surface area is 139 Å². The molecule has 1 aromatic rings. The number of rotatable bonds is 6. The van der Waals surface area contributed by atoms with E-state index in [1.165, 1.54) is 0 Å². The quantitative estimate of drug-likeness (QED) is 0.807. The Hall–Kier alpha value is -1.36. The number of halogens is 1. The van der Waals surface area contributed by atoms with E-state index >= 15 is 0 Å². The zero-order valence-corrected chi connectivity index (χ0v) is 14.2. The summed E-state index contributed by atoms with van der Waals surface area (Å²) in [5.74, 6) is -0.852. The number of hydrogen-bond donors (Lipinski definition) is 2. The van der Waals surface area contributed by atoms with Gasteiger partial charge in [-0.3, -0.25) is 9.59 Å². The molecule has 2 rings (SSSR count). The Kier molecular flexibility index (Phi) is 6.00. The molecule has 0 spiro atoms. The van der Waals surface area contributed by atoms with E-state index in [4.69, 9.17) is 0 Å². The number of benzene rings is 1. The van der Waals surface area contributed by atoms with E-state index in [1.54, 1.807) is 0 Å². The van der Waals surface area contributed by atoms with E-state index in [9.17, 15) is 14.7 Å². The Morgan fingerprint density at radius 2 is 1.77 bits per heavy atom. The molecule has 0 aliphatic heterocycles. The molecule has 0 radical (unpaired) electrons. The third kappa shape index (κ3) is 4.57. The number of carboxylic acid groups (broad SMARTS) is 1. The molecule has 120 valence electrons. The van der Waals surface area contributed by atoms with Crippen LogP contribution in [0.2, 0.25) is 0 Å². The summed E-state index contributed by atoms with van der Waals surface area (Å²) < 4.78 is 1.02. The average Bonchev–Trinajstić information content (AvgIpc) is 2.53. The lowest BCUT2D eigenvalue weighted by Crippen LogP contribution is -2.44. The van der Waals surface area contributed by atoms with Gasteiger partial charge in [0.2, 0.25) is 5.91 Å². The van der Waals surface area contributed by atoms with Crippen LogP contribution in [-0.4, -0.2) is 23.5 Å². The van der Waals surface area contributed by atoms with Gasteiger partial charge in [0.25, 0.3) is 0 Å². The van der Waals surface area contributed by atoms with Crippen molar-refractivity contribution in [2.75, 3.05) is 6.54 Å². The third-order valence-corrected chi connectivity index (χ3v) is 4.97. The van der Waals surface area contributed by atoms with Crippen LogP contribution >= 0.6 is 15.9 Å². The van der Waals surface area contributed by atoms with Gasteiger partial charge in [-0.2, -0.15) is 0 Å². The first kappa shape index (κ1) is 17.0. The van der Waals surface area contributed by atoms with Crippen LogP contribution in [0.5, 0.6) is 0 Å². The standard InChI is InChI=1S/C17H22BrNO3/c18-14-7-4-13(5-8-14)6-9-15(20)19-12-17(16(21)22)10-2-1-3-11-17/h4-5,7-8H,1-3,6,9-12H2,(H,19,20)(H,21,22). The molecule has 1 aromatic carbocycles. The molecule has 1 fully saturated rings. The second-order valence-corrected chi connectivity index (χ2v) is 6.97. The lowest BCUT2D eigenvalue weighted by Gasteiger charge is -2.33. The molecule has 0 bridgehead atoms. The van der Waals surface area contributed by atoms with Crippen LogP contribution in [0.15, 0.2) is 28.7 Å². The molecule has 0 unspecified atom stereocenters. The number of carboxylic acids is 1. The van der Waals surface area contributed by atoms with E-state index in [2.05, 4.69) is 21.2 Å². The molecule has 0 saturated heterocycles. The zero-order chi connectivity index (χ0) is 16.0. The maximum absolute atomic E-state index is 12.0. The molecule has 1 aliphatic rings. The maximum atomic E-state index is 12.0. The zero-order valence-electron chi connectivity index (χ0n) is 12.6. The average molecular weight is 368 g/mol. The van der Waals surface area contributed by atoms with Gasteiger partial charge >= 0.3 is 5.97 Å². The molecule has 0 atom stereocenters. The van der Waals surface area contributed by atoms with Crippen molar-refractivity contribution < 1.29 is 14.7 Å². The minimum absolute atomic E-state index is 0.0749. The van der Waals surface area contributed by atoms with Gasteiger partial charge in [-0.25, -0.2) is 0 Å². The second kappa shape index (κ2) is 7.77. The summed E-state index contributed by atoms with van der Waals surface area (Å²) in [6, 6.07) is 7.87.